The number of hydrogen-bond donors (Lipinski definition) is 1. The van der Waals surface area contributed by atoms with Gasteiger partial charge in [-0.2, -0.15) is 4.39 Å². The number of piperazine rings is 1. The standard InChI is InChI=1S/C15H20F2N4O3/c1-9(10-3-4-11(21(23)24)13(17)12(10)16)14(18)15(22)20-7-5-19(2)6-8-20/h3-4,9,14H,5-8,18H2,1-2H3/t9-,14+/m0/s1. The smallest absolute Gasteiger partial charge is 0.307 e. The van der Waals surface area contributed by atoms with Gasteiger partial charge in [0.2, 0.25) is 11.7 Å². The Morgan fingerprint density at radius 2 is 1.83 bits per heavy atom. The molecular formula is C15H20F2N4O3. The number of carbonyl (C=O) groups excluding carboxylic acids is 1. The van der Waals surface area contributed by atoms with Gasteiger partial charge in [-0.15, -0.1) is 0 Å². The van der Waals surface area contributed by atoms with Gasteiger partial charge in [0.25, 0.3) is 0 Å². The van der Waals surface area contributed by atoms with Gasteiger partial charge in [0.05, 0.1) is 11.0 Å². The predicted octanol–water partition coefficient (Wildman–Crippen LogP) is 1.08. The van der Waals surface area contributed by atoms with Crippen LogP contribution in [-0.4, -0.2) is 59.9 Å². The molecule has 132 valence electrons. The molecule has 0 saturated carbocycles. The number of likely N-dealkylation sites (N-methyl/N-ethyl adjacent to an activating group) is 1. The third kappa shape index (κ3) is 3.51. The molecule has 1 heterocycles. The van der Waals surface area contributed by atoms with E-state index in [1.807, 2.05) is 7.05 Å². The SMILES string of the molecule is C[C@@H](c1ccc([N+](=O)[O-])c(F)c1F)[C@@H](N)C(=O)N1CCN(C)CC1. The molecule has 1 aromatic rings. The highest BCUT2D eigenvalue weighted by Gasteiger charge is 2.32. The number of nitrogens with two attached hydrogens (primary N) is 1. The summed E-state index contributed by atoms with van der Waals surface area (Å²) in [5.41, 5.74) is 4.86. The minimum Gasteiger partial charge on any atom is -0.339 e. The summed E-state index contributed by atoms with van der Waals surface area (Å²) in [6.07, 6.45) is 0. The van der Waals surface area contributed by atoms with Crippen LogP contribution in [0.1, 0.15) is 18.4 Å². The third-order valence-corrected chi connectivity index (χ3v) is 4.42. The van der Waals surface area contributed by atoms with Crippen molar-refractivity contribution in [1.29, 1.82) is 0 Å². The molecule has 7 nitrogen and oxygen atoms in total. The highest BCUT2D eigenvalue weighted by atomic mass is 19.2. The average Bonchev–Trinajstić information content (AvgIpc) is 2.55. The first kappa shape index (κ1) is 18.2. The lowest BCUT2D eigenvalue weighted by Gasteiger charge is -2.35. The molecular weight excluding hydrogens is 322 g/mol. The van der Waals surface area contributed by atoms with Crippen LogP contribution in [0.4, 0.5) is 14.5 Å². The van der Waals surface area contributed by atoms with Crippen molar-refractivity contribution < 1.29 is 18.5 Å². The van der Waals surface area contributed by atoms with Gasteiger partial charge >= 0.3 is 5.69 Å². The quantitative estimate of drug-likeness (QED) is 0.653. The van der Waals surface area contributed by atoms with Gasteiger partial charge in [-0.1, -0.05) is 6.92 Å². The van der Waals surface area contributed by atoms with Crippen molar-refractivity contribution in [3.63, 3.8) is 0 Å². The minimum atomic E-state index is -1.54. The lowest BCUT2D eigenvalue weighted by Crippen LogP contribution is -2.53. The predicted molar refractivity (Wildman–Crippen MR) is 83.5 cm³/mol. The van der Waals surface area contributed by atoms with E-state index >= 15 is 0 Å². The zero-order chi connectivity index (χ0) is 18.0. The molecule has 1 aromatic carbocycles. The van der Waals surface area contributed by atoms with Crippen molar-refractivity contribution in [1.82, 2.24) is 9.80 Å². The van der Waals surface area contributed by atoms with Crippen molar-refractivity contribution >= 4 is 11.6 Å². The first-order valence-electron chi connectivity index (χ1n) is 7.59. The lowest BCUT2D eigenvalue weighted by atomic mass is 9.92. The van der Waals surface area contributed by atoms with Gasteiger partial charge in [-0.3, -0.25) is 14.9 Å². The molecule has 2 atom stereocenters. The minimum absolute atomic E-state index is 0.145. The van der Waals surface area contributed by atoms with E-state index < -0.39 is 34.2 Å². The van der Waals surface area contributed by atoms with E-state index in [9.17, 15) is 23.7 Å². The molecule has 0 aliphatic carbocycles. The molecule has 2 N–H and O–H groups in total. The van der Waals surface area contributed by atoms with E-state index in [0.717, 1.165) is 12.1 Å². The molecule has 1 aliphatic rings. The highest BCUT2D eigenvalue weighted by molar-refractivity contribution is 5.83. The second-order valence-corrected chi connectivity index (χ2v) is 6.00. The van der Waals surface area contributed by atoms with Crippen molar-refractivity contribution in [3.05, 3.63) is 39.4 Å². The Balaban J connectivity index is 2.18. The van der Waals surface area contributed by atoms with Crippen molar-refractivity contribution in [3.8, 4) is 0 Å². The van der Waals surface area contributed by atoms with Crippen LogP contribution in [0.15, 0.2) is 12.1 Å². The van der Waals surface area contributed by atoms with Crippen molar-refractivity contribution in [2.45, 2.75) is 18.9 Å². The second-order valence-electron chi connectivity index (χ2n) is 6.00. The van der Waals surface area contributed by atoms with Crippen LogP contribution >= 0.6 is 0 Å². The maximum atomic E-state index is 14.1. The lowest BCUT2D eigenvalue weighted by molar-refractivity contribution is -0.387. The molecule has 1 saturated heterocycles. The van der Waals surface area contributed by atoms with Gasteiger partial charge < -0.3 is 15.5 Å². The van der Waals surface area contributed by atoms with Crippen LogP contribution in [0.25, 0.3) is 0 Å². The molecule has 0 spiro atoms. The summed E-state index contributed by atoms with van der Waals surface area (Å²) in [5, 5.41) is 10.6. The Morgan fingerprint density at radius 3 is 2.38 bits per heavy atom. The van der Waals surface area contributed by atoms with Crippen LogP contribution in [0.5, 0.6) is 0 Å². The first-order valence-corrected chi connectivity index (χ1v) is 7.59. The number of nitro groups is 1. The van der Waals surface area contributed by atoms with E-state index in [0.29, 0.717) is 26.2 Å². The number of hydrogen-bond acceptors (Lipinski definition) is 5. The summed E-state index contributed by atoms with van der Waals surface area (Å²) >= 11 is 0. The van der Waals surface area contributed by atoms with E-state index in [1.54, 1.807) is 4.90 Å². The summed E-state index contributed by atoms with van der Waals surface area (Å²) < 4.78 is 27.9. The number of halogens is 2. The maximum Gasteiger partial charge on any atom is 0.307 e. The fourth-order valence-electron chi connectivity index (χ4n) is 2.69. The first-order chi connectivity index (χ1) is 11.2. The molecule has 0 aromatic heterocycles. The van der Waals surface area contributed by atoms with E-state index in [-0.39, 0.29) is 11.5 Å². The number of nitrogens with zero attached hydrogens (tertiary/aromatic N) is 3. The highest BCUT2D eigenvalue weighted by Crippen LogP contribution is 2.29. The van der Waals surface area contributed by atoms with Gasteiger partial charge in [0.1, 0.15) is 0 Å². The summed E-state index contributed by atoms with van der Waals surface area (Å²) in [6.45, 7) is 3.97. The number of carbonyl (C=O) groups is 1. The van der Waals surface area contributed by atoms with Gasteiger partial charge in [0, 0.05) is 38.2 Å². The normalized spacial score (nSPS) is 18.3. The number of benzene rings is 1. The fraction of sp³-hybridized carbons (Fsp3) is 0.533. The number of nitro benzene ring substituents is 1. The second kappa shape index (κ2) is 7.18. The summed E-state index contributed by atoms with van der Waals surface area (Å²) in [6, 6.07) is 0.944. The molecule has 2 rings (SSSR count). The topological polar surface area (TPSA) is 92.7 Å². The Morgan fingerprint density at radius 1 is 1.25 bits per heavy atom. The van der Waals surface area contributed by atoms with Crippen LogP contribution in [0.2, 0.25) is 0 Å². The summed E-state index contributed by atoms with van der Waals surface area (Å²) in [7, 11) is 1.94. The molecule has 24 heavy (non-hydrogen) atoms. The average molecular weight is 342 g/mol. The Hall–Kier alpha value is -2.13. The number of rotatable bonds is 4. The fourth-order valence-corrected chi connectivity index (χ4v) is 2.69. The van der Waals surface area contributed by atoms with E-state index in [4.69, 9.17) is 5.73 Å². The van der Waals surface area contributed by atoms with Crippen LogP contribution in [-0.2, 0) is 4.79 Å². The summed E-state index contributed by atoms with van der Waals surface area (Å²) in [5.74, 6) is -4.02. The zero-order valence-corrected chi connectivity index (χ0v) is 13.5. The Bertz CT molecular complexity index is 648. The molecule has 1 amide bonds. The maximum absolute atomic E-state index is 14.1. The Kier molecular flexibility index (Phi) is 5.45. The van der Waals surface area contributed by atoms with Crippen LogP contribution in [0, 0.1) is 21.7 Å². The van der Waals surface area contributed by atoms with Crippen molar-refractivity contribution in [2.24, 2.45) is 5.73 Å². The third-order valence-electron chi connectivity index (χ3n) is 4.42. The Labute approximate surface area is 138 Å². The molecule has 0 unspecified atom stereocenters. The van der Waals surface area contributed by atoms with Crippen LogP contribution < -0.4 is 5.73 Å². The summed E-state index contributed by atoms with van der Waals surface area (Å²) in [4.78, 5) is 25.8. The van der Waals surface area contributed by atoms with Gasteiger partial charge in [0.15, 0.2) is 5.82 Å². The largest absolute Gasteiger partial charge is 0.339 e. The molecule has 1 aliphatic heterocycles. The monoisotopic (exact) mass is 342 g/mol. The van der Waals surface area contributed by atoms with E-state index in [1.165, 1.54) is 6.92 Å². The van der Waals surface area contributed by atoms with Gasteiger partial charge in [-0.05, 0) is 18.7 Å². The molecule has 9 heteroatoms. The van der Waals surface area contributed by atoms with E-state index in [2.05, 4.69) is 4.90 Å². The number of amides is 1. The van der Waals surface area contributed by atoms with Crippen molar-refractivity contribution in [2.75, 3.05) is 33.2 Å². The van der Waals surface area contributed by atoms with Gasteiger partial charge in [-0.25, -0.2) is 4.39 Å². The molecule has 1 fully saturated rings. The zero-order valence-electron chi connectivity index (χ0n) is 13.5. The van der Waals surface area contributed by atoms with Crippen LogP contribution in [0.3, 0.4) is 0 Å². The molecule has 0 radical (unpaired) electrons. The molecule has 0 bridgehead atoms.